The normalized spacial score (nSPS) is 13.9. The van der Waals surface area contributed by atoms with Gasteiger partial charge in [0.2, 0.25) is 0 Å². The second-order valence-corrected chi connectivity index (χ2v) is 5.81. The number of allylic oxidation sites excluding steroid dienone is 1. The lowest BCUT2D eigenvalue weighted by molar-refractivity contribution is -0.111. The SMILES string of the molecule is O=C(Nc1cccnc1Cl)C1=C(O)CCc2c1nc1ccccn21. The Morgan fingerprint density at radius 1 is 1.25 bits per heavy atom. The van der Waals surface area contributed by atoms with Gasteiger partial charge in [0.15, 0.2) is 5.15 Å². The highest BCUT2D eigenvalue weighted by atomic mass is 35.5. The Morgan fingerprint density at radius 2 is 2.12 bits per heavy atom. The van der Waals surface area contributed by atoms with Crippen LogP contribution < -0.4 is 5.32 Å². The van der Waals surface area contributed by atoms with Crippen LogP contribution in [0.3, 0.4) is 0 Å². The first-order valence-corrected chi connectivity index (χ1v) is 7.83. The van der Waals surface area contributed by atoms with Crippen molar-refractivity contribution >= 4 is 34.4 Å². The largest absolute Gasteiger partial charge is 0.511 e. The minimum absolute atomic E-state index is 0.0309. The average molecular weight is 341 g/mol. The van der Waals surface area contributed by atoms with Crippen LogP contribution in [0.1, 0.15) is 17.8 Å². The molecule has 3 aromatic rings. The first-order chi connectivity index (χ1) is 11.6. The van der Waals surface area contributed by atoms with Crippen molar-refractivity contribution in [3.63, 3.8) is 0 Å². The van der Waals surface area contributed by atoms with Gasteiger partial charge < -0.3 is 14.8 Å². The number of pyridine rings is 2. The van der Waals surface area contributed by atoms with Crippen LogP contribution in [0.25, 0.3) is 11.2 Å². The number of carbonyl (C=O) groups excluding carboxylic acids is 1. The van der Waals surface area contributed by atoms with E-state index in [2.05, 4.69) is 15.3 Å². The minimum Gasteiger partial charge on any atom is -0.511 e. The van der Waals surface area contributed by atoms with E-state index in [1.807, 2.05) is 28.8 Å². The third-order valence-corrected chi connectivity index (χ3v) is 4.29. The molecule has 120 valence electrons. The van der Waals surface area contributed by atoms with Crippen LogP contribution in [-0.2, 0) is 11.2 Å². The molecule has 6 nitrogen and oxygen atoms in total. The molecule has 1 aliphatic rings. The minimum atomic E-state index is -0.452. The number of fused-ring (bicyclic) bond motifs is 3. The summed E-state index contributed by atoms with van der Waals surface area (Å²) in [5.41, 5.74) is 2.72. The van der Waals surface area contributed by atoms with Gasteiger partial charge in [-0.05, 0) is 30.7 Å². The fourth-order valence-corrected chi connectivity index (χ4v) is 3.05. The topological polar surface area (TPSA) is 79.5 Å². The van der Waals surface area contributed by atoms with Gasteiger partial charge in [-0.1, -0.05) is 17.7 Å². The third kappa shape index (κ3) is 2.32. The van der Waals surface area contributed by atoms with Gasteiger partial charge in [0.25, 0.3) is 5.91 Å². The van der Waals surface area contributed by atoms with Crippen molar-refractivity contribution in [1.82, 2.24) is 14.4 Å². The predicted molar refractivity (Wildman–Crippen MR) is 90.9 cm³/mol. The summed E-state index contributed by atoms with van der Waals surface area (Å²) in [6.45, 7) is 0. The van der Waals surface area contributed by atoms with Gasteiger partial charge in [-0.25, -0.2) is 9.97 Å². The number of hydrogen-bond donors (Lipinski definition) is 2. The van der Waals surface area contributed by atoms with E-state index in [-0.39, 0.29) is 16.5 Å². The van der Waals surface area contributed by atoms with E-state index >= 15 is 0 Å². The number of aliphatic hydroxyl groups is 1. The van der Waals surface area contributed by atoms with Crippen molar-refractivity contribution < 1.29 is 9.90 Å². The quantitative estimate of drug-likeness (QED) is 0.702. The Hall–Kier alpha value is -2.86. The van der Waals surface area contributed by atoms with E-state index in [9.17, 15) is 9.90 Å². The molecule has 24 heavy (non-hydrogen) atoms. The number of imidazole rings is 1. The number of anilines is 1. The number of halogens is 1. The molecule has 1 aliphatic carbocycles. The maximum atomic E-state index is 12.7. The molecular weight excluding hydrogens is 328 g/mol. The van der Waals surface area contributed by atoms with E-state index in [1.54, 1.807) is 12.1 Å². The molecule has 7 heteroatoms. The number of aryl methyl sites for hydroxylation is 1. The molecule has 3 aromatic heterocycles. The highest BCUT2D eigenvalue weighted by Gasteiger charge is 2.29. The van der Waals surface area contributed by atoms with Crippen molar-refractivity contribution in [2.45, 2.75) is 12.8 Å². The van der Waals surface area contributed by atoms with E-state index < -0.39 is 5.91 Å². The molecule has 0 atom stereocenters. The first kappa shape index (κ1) is 14.7. The van der Waals surface area contributed by atoms with Gasteiger partial charge in [0, 0.05) is 18.8 Å². The Kier molecular flexibility index (Phi) is 3.46. The molecule has 1 amide bonds. The Bertz CT molecular complexity index is 993. The summed E-state index contributed by atoms with van der Waals surface area (Å²) < 4.78 is 1.94. The molecule has 0 radical (unpaired) electrons. The maximum Gasteiger partial charge on any atom is 0.261 e. The lowest BCUT2D eigenvalue weighted by atomic mass is 9.97. The molecule has 0 fully saturated rings. The maximum absolute atomic E-state index is 12.7. The summed E-state index contributed by atoms with van der Waals surface area (Å²) in [7, 11) is 0. The zero-order chi connectivity index (χ0) is 16.7. The molecule has 0 spiro atoms. The van der Waals surface area contributed by atoms with Crippen LogP contribution >= 0.6 is 11.6 Å². The summed E-state index contributed by atoms with van der Waals surface area (Å²) in [6, 6.07) is 8.98. The van der Waals surface area contributed by atoms with Crippen molar-refractivity contribution in [2.75, 3.05) is 5.32 Å². The van der Waals surface area contributed by atoms with Gasteiger partial charge in [-0.2, -0.15) is 0 Å². The molecule has 0 aromatic carbocycles. The lowest BCUT2D eigenvalue weighted by Gasteiger charge is -2.16. The van der Waals surface area contributed by atoms with E-state index in [1.165, 1.54) is 6.20 Å². The molecule has 0 saturated carbocycles. The highest BCUT2D eigenvalue weighted by Crippen LogP contribution is 2.32. The van der Waals surface area contributed by atoms with Crippen LogP contribution in [0.2, 0.25) is 5.15 Å². The molecule has 0 aliphatic heterocycles. The lowest BCUT2D eigenvalue weighted by Crippen LogP contribution is -2.19. The van der Waals surface area contributed by atoms with Gasteiger partial charge >= 0.3 is 0 Å². The number of aromatic nitrogens is 3. The monoisotopic (exact) mass is 340 g/mol. The number of nitrogens with zero attached hydrogens (tertiary/aromatic N) is 3. The average Bonchev–Trinajstić information content (AvgIpc) is 2.95. The Balaban J connectivity index is 1.78. The Morgan fingerprint density at radius 3 is 2.96 bits per heavy atom. The summed E-state index contributed by atoms with van der Waals surface area (Å²) >= 11 is 5.98. The van der Waals surface area contributed by atoms with Crippen molar-refractivity contribution in [3.8, 4) is 0 Å². The van der Waals surface area contributed by atoms with Gasteiger partial charge in [-0.15, -0.1) is 0 Å². The molecule has 0 bridgehead atoms. The van der Waals surface area contributed by atoms with E-state index in [0.29, 0.717) is 24.2 Å². The molecule has 0 saturated heterocycles. The molecule has 2 N–H and O–H groups in total. The van der Waals surface area contributed by atoms with Gasteiger partial charge in [0.1, 0.15) is 22.7 Å². The number of rotatable bonds is 2. The first-order valence-electron chi connectivity index (χ1n) is 7.45. The van der Waals surface area contributed by atoms with Crippen LogP contribution in [0, 0.1) is 0 Å². The fraction of sp³-hybridized carbons (Fsp3) is 0.118. The number of carbonyl (C=O) groups is 1. The number of nitrogens with one attached hydrogen (secondary N) is 1. The number of aliphatic hydroxyl groups excluding tert-OH is 1. The summed E-state index contributed by atoms with van der Waals surface area (Å²) in [5.74, 6) is -0.421. The fourth-order valence-electron chi connectivity index (χ4n) is 2.89. The number of amides is 1. The zero-order valence-corrected chi connectivity index (χ0v) is 13.3. The molecule has 0 unspecified atom stereocenters. The smallest absolute Gasteiger partial charge is 0.261 e. The standard InChI is InChI=1S/C17H13ClN4O2/c18-16-10(4-3-8-19-16)20-17(24)14-12(23)7-6-11-15(14)21-13-5-1-2-9-22(11)13/h1-5,8-9,23H,6-7H2,(H,20,24). The van der Waals surface area contributed by atoms with Crippen LogP contribution in [-0.4, -0.2) is 25.4 Å². The highest BCUT2D eigenvalue weighted by molar-refractivity contribution is 6.34. The summed E-state index contributed by atoms with van der Waals surface area (Å²) in [4.78, 5) is 21.1. The van der Waals surface area contributed by atoms with E-state index in [4.69, 9.17) is 11.6 Å². The second-order valence-electron chi connectivity index (χ2n) is 5.45. The van der Waals surface area contributed by atoms with Gasteiger partial charge in [0.05, 0.1) is 11.4 Å². The van der Waals surface area contributed by atoms with Crippen molar-refractivity contribution in [3.05, 3.63) is 65.0 Å². The summed E-state index contributed by atoms with van der Waals surface area (Å²) in [5, 5.41) is 13.2. The number of hydrogen-bond acceptors (Lipinski definition) is 4. The predicted octanol–water partition coefficient (Wildman–Crippen LogP) is 3.24. The molecular formula is C17H13ClN4O2. The van der Waals surface area contributed by atoms with Gasteiger partial charge in [-0.3, -0.25) is 4.79 Å². The Labute approximate surface area is 142 Å². The van der Waals surface area contributed by atoms with Crippen LogP contribution in [0.5, 0.6) is 0 Å². The molecule has 4 rings (SSSR count). The van der Waals surface area contributed by atoms with Crippen molar-refractivity contribution in [1.29, 1.82) is 0 Å². The van der Waals surface area contributed by atoms with Crippen LogP contribution in [0.4, 0.5) is 5.69 Å². The molecule has 3 heterocycles. The van der Waals surface area contributed by atoms with E-state index in [0.717, 1.165) is 11.3 Å². The third-order valence-electron chi connectivity index (χ3n) is 3.99. The second kappa shape index (κ2) is 5.65. The summed E-state index contributed by atoms with van der Waals surface area (Å²) in [6.07, 6.45) is 4.45. The van der Waals surface area contributed by atoms with Crippen LogP contribution in [0.15, 0.2) is 48.5 Å². The van der Waals surface area contributed by atoms with Crippen molar-refractivity contribution in [2.24, 2.45) is 0 Å². The zero-order valence-electron chi connectivity index (χ0n) is 12.5.